The van der Waals surface area contributed by atoms with Crippen LogP contribution in [-0.4, -0.2) is 11.5 Å². The van der Waals surface area contributed by atoms with E-state index in [1.54, 1.807) is 0 Å². The first kappa shape index (κ1) is 13.1. The fourth-order valence-corrected chi connectivity index (χ4v) is 4.50. The number of aryl methyl sites for hydroxylation is 1. The summed E-state index contributed by atoms with van der Waals surface area (Å²) in [6.45, 7) is 2.95. The minimum absolute atomic E-state index is 0.319. The van der Waals surface area contributed by atoms with E-state index in [2.05, 4.69) is 25.1 Å². The predicted octanol–water partition coefficient (Wildman–Crippen LogP) is 4.06. The van der Waals surface area contributed by atoms with Gasteiger partial charge in [0.25, 0.3) is 0 Å². The summed E-state index contributed by atoms with van der Waals surface area (Å²) in [7, 11) is 0. The van der Waals surface area contributed by atoms with Crippen LogP contribution >= 0.6 is 11.3 Å². The van der Waals surface area contributed by atoms with Crippen LogP contribution in [0.1, 0.15) is 42.7 Å². The second-order valence-corrected chi connectivity index (χ2v) is 7.09. The Balaban J connectivity index is 1.89. The third kappa shape index (κ3) is 2.54. The van der Waals surface area contributed by atoms with Crippen molar-refractivity contribution in [2.45, 2.75) is 45.4 Å². The Hall–Kier alpha value is -0.930. The topological polar surface area (TPSA) is 38.9 Å². The molecule has 1 fully saturated rings. The van der Waals surface area contributed by atoms with E-state index in [0.29, 0.717) is 5.41 Å². The van der Waals surface area contributed by atoms with Crippen LogP contribution < -0.4 is 5.73 Å². The van der Waals surface area contributed by atoms with Gasteiger partial charge in [-0.15, -0.1) is 11.3 Å². The molecule has 2 aromatic rings. The van der Waals surface area contributed by atoms with Gasteiger partial charge in [-0.2, -0.15) is 0 Å². The highest BCUT2D eigenvalue weighted by molar-refractivity contribution is 7.18. The van der Waals surface area contributed by atoms with Gasteiger partial charge in [-0.25, -0.2) is 4.98 Å². The molecule has 2 nitrogen and oxygen atoms in total. The lowest BCUT2D eigenvalue weighted by atomic mass is 9.72. The smallest absolute Gasteiger partial charge is 0.0944 e. The minimum atomic E-state index is 0.319. The number of aromatic nitrogens is 1. The Labute approximate surface area is 119 Å². The van der Waals surface area contributed by atoms with E-state index in [1.165, 1.54) is 52.9 Å². The molecule has 0 atom stereocenters. The van der Waals surface area contributed by atoms with Crippen LogP contribution in [0, 0.1) is 12.3 Å². The number of hydrogen-bond donors (Lipinski definition) is 1. The predicted molar refractivity (Wildman–Crippen MR) is 82.6 cm³/mol. The second-order valence-electron chi connectivity index (χ2n) is 5.97. The molecule has 0 saturated heterocycles. The molecule has 0 aliphatic heterocycles. The Morgan fingerprint density at radius 3 is 2.74 bits per heavy atom. The van der Waals surface area contributed by atoms with E-state index in [4.69, 9.17) is 10.7 Å². The number of fused-ring (bicyclic) bond motifs is 1. The quantitative estimate of drug-likeness (QED) is 0.916. The number of nitrogens with two attached hydrogens (primary N) is 1. The summed E-state index contributed by atoms with van der Waals surface area (Å²) in [6, 6.07) is 6.45. The van der Waals surface area contributed by atoms with Gasteiger partial charge in [0.2, 0.25) is 0 Å². The van der Waals surface area contributed by atoms with E-state index in [9.17, 15) is 0 Å². The zero-order valence-corrected chi connectivity index (χ0v) is 12.4. The van der Waals surface area contributed by atoms with Gasteiger partial charge in [0.1, 0.15) is 0 Å². The third-order valence-corrected chi connectivity index (χ3v) is 5.56. The minimum Gasteiger partial charge on any atom is -0.330 e. The van der Waals surface area contributed by atoms with E-state index in [0.717, 1.165) is 13.0 Å². The third-order valence-electron chi connectivity index (χ3n) is 4.54. The van der Waals surface area contributed by atoms with E-state index < -0.39 is 0 Å². The maximum absolute atomic E-state index is 6.09. The van der Waals surface area contributed by atoms with E-state index >= 15 is 0 Å². The van der Waals surface area contributed by atoms with Crippen LogP contribution in [0.2, 0.25) is 0 Å². The van der Waals surface area contributed by atoms with Crippen LogP contribution in [0.15, 0.2) is 18.2 Å². The van der Waals surface area contributed by atoms with Crippen molar-refractivity contribution in [3.05, 3.63) is 28.8 Å². The Morgan fingerprint density at radius 1 is 1.26 bits per heavy atom. The van der Waals surface area contributed by atoms with Crippen LogP contribution in [0.25, 0.3) is 10.2 Å². The molecule has 3 heteroatoms. The maximum atomic E-state index is 6.09. The van der Waals surface area contributed by atoms with Crippen molar-refractivity contribution >= 4 is 21.6 Å². The van der Waals surface area contributed by atoms with Crippen molar-refractivity contribution in [3.63, 3.8) is 0 Å². The summed E-state index contributed by atoms with van der Waals surface area (Å²) in [5.41, 5.74) is 8.87. The summed E-state index contributed by atoms with van der Waals surface area (Å²) in [5.74, 6) is 0. The lowest BCUT2D eigenvalue weighted by Crippen LogP contribution is -2.34. The van der Waals surface area contributed by atoms with Gasteiger partial charge in [0.15, 0.2) is 0 Å². The molecule has 0 amide bonds. The number of benzene rings is 1. The molecule has 0 bridgehead atoms. The monoisotopic (exact) mass is 274 g/mol. The first-order valence-corrected chi connectivity index (χ1v) is 8.09. The summed E-state index contributed by atoms with van der Waals surface area (Å²) in [6.07, 6.45) is 7.67. The van der Waals surface area contributed by atoms with Crippen LogP contribution in [-0.2, 0) is 6.42 Å². The van der Waals surface area contributed by atoms with E-state index in [1.807, 2.05) is 11.3 Å². The Kier molecular flexibility index (Phi) is 3.59. The number of rotatable bonds is 3. The normalized spacial score (nSPS) is 18.8. The van der Waals surface area contributed by atoms with Gasteiger partial charge in [0, 0.05) is 6.42 Å². The summed E-state index contributed by atoms with van der Waals surface area (Å²) >= 11 is 1.85. The molecular weight excluding hydrogens is 252 g/mol. The molecule has 102 valence electrons. The summed E-state index contributed by atoms with van der Waals surface area (Å²) < 4.78 is 1.32. The maximum Gasteiger partial charge on any atom is 0.0944 e. The molecule has 19 heavy (non-hydrogen) atoms. The highest BCUT2D eigenvalue weighted by Gasteiger charge is 2.31. The lowest BCUT2D eigenvalue weighted by Gasteiger charge is -2.35. The Morgan fingerprint density at radius 2 is 2.05 bits per heavy atom. The van der Waals surface area contributed by atoms with E-state index in [-0.39, 0.29) is 0 Å². The van der Waals surface area contributed by atoms with Crippen molar-refractivity contribution in [1.82, 2.24) is 4.98 Å². The highest BCUT2D eigenvalue weighted by Crippen LogP contribution is 2.39. The molecule has 2 N–H and O–H groups in total. The molecule has 0 radical (unpaired) electrons. The van der Waals surface area contributed by atoms with Crippen molar-refractivity contribution in [2.24, 2.45) is 11.1 Å². The fraction of sp³-hybridized carbons (Fsp3) is 0.562. The van der Waals surface area contributed by atoms with Crippen molar-refractivity contribution in [2.75, 3.05) is 6.54 Å². The molecule has 1 saturated carbocycles. The van der Waals surface area contributed by atoms with Gasteiger partial charge < -0.3 is 5.73 Å². The van der Waals surface area contributed by atoms with Crippen LogP contribution in [0.4, 0.5) is 0 Å². The lowest BCUT2D eigenvalue weighted by molar-refractivity contribution is 0.197. The molecule has 1 aromatic heterocycles. The average molecular weight is 274 g/mol. The van der Waals surface area contributed by atoms with Crippen LogP contribution in [0.5, 0.6) is 0 Å². The summed E-state index contributed by atoms with van der Waals surface area (Å²) in [5, 5.41) is 1.27. The molecule has 1 heterocycles. The number of para-hydroxylation sites is 1. The zero-order valence-electron chi connectivity index (χ0n) is 11.6. The van der Waals surface area contributed by atoms with Crippen molar-refractivity contribution in [1.29, 1.82) is 0 Å². The molecule has 1 aliphatic rings. The number of nitrogens with zero attached hydrogens (tertiary/aromatic N) is 1. The van der Waals surface area contributed by atoms with Crippen LogP contribution in [0.3, 0.4) is 0 Å². The van der Waals surface area contributed by atoms with Gasteiger partial charge in [-0.05, 0) is 43.4 Å². The summed E-state index contributed by atoms with van der Waals surface area (Å²) in [4.78, 5) is 4.86. The largest absolute Gasteiger partial charge is 0.330 e. The molecule has 0 unspecified atom stereocenters. The fourth-order valence-electron chi connectivity index (χ4n) is 3.28. The Bertz CT molecular complexity index is 567. The second kappa shape index (κ2) is 5.22. The molecular formula is C16H22N2S. The SMILES string of the molecule is Cc1cccc2sc(CC3(CN)CCCCC3)nc12. The van der Waals surface area contributed by atoms with Crippen molar-refractivity contribution < 1.29 is 0 Å². The highest BCUT2D eigenvalue weighted by atomic mass is 32.1. The van der Waals surface area contributed by atoms with Crippen molar-refractivity contribution in [3.8, 4) is 0 Å². The molecule has 1 aliphatic carbocycles. The average Bonchev–Trinajstić information content (AvgIpc) is 2.83. The molecule has 3 rings (SSSR count). The molecule has 0 spiro atoms. The zero-order chi connectivity index (χ0) is 13.3. The molecule has 1 aromatic carbocycles. The van der Waals surface area contributed by atoms with Gasteiger partial charge in [-0.3, -0.25) is 0 Å². The standard InChI is InChI=1S/C16H22N2S/c1-12-6-5-7-13-15(12)18-14(19-13)10-16(11-17)8-3-2-4-9-16/h5-7H,2-4,8-11,17H2,1H3. The van der Waals surface area contributed by atoms with Gasteiger partial charge >= 0.3 is 0 Å². The number of thiazole rings is 1. The number of hydrogen-bond acceptors (Lipinski definition) is 3. The van der Waals surface area contributed by atoms with Gasteiger partial charge in [-0.1, -0.05) is 31.4 Å². The first-order chi connectivity index (χ1) is 9.22. The first-order valence-electron chi connectivity index (χ1n) is 7.28. The van der Waals surface area contributed by atoms with Gasteiger partial charge in [0.05, 0.1) is 15.2 Å².